The minimum atomic E-state index is -2.90. The van der Waals surface area contributed by atoms with Crippen LogP contribution in [0.1, 0.15) is 19.8 Å². The molecule has 1 aromatic carbocycles. The molecule has 0 spiro atoms. The number of hydrogen-bond acceptors (Lipinski definition) is 8. The molecule has 5 heterocycles. The molecule has 4 aliphatic heterocycles. The molecule has 42 heavy (non-hydrogen) atoms. The van der Waals surface area contributed by atoms with Crippen molar-refractivity contribution in [3.63, 3.8) is 0 Å². The quantitative estimate of drug-likeness (QED) is 0.497. The summed E-state index contributed by atoms with van der Waals surface area (Å²) < 4.78 is 65.3. The first kappa shape index (κ1) is 28.4. The van der Waals surface area contributed by atoms with Crippen molar-refractivity contribution < 1.29 is 27.1 Å². The van der Waals surface area contributed by atoms with Gasteiger partial charge in [0, 0.05) is 81.1 Å². The molecule has 3 saturated heterocycles. The number of dihydropyridines is 1. The highest BCUT2D eigenvalue weighted by molar-refractivity contribution is 6.09. The number of aromatic nitrogens is 2. The molecule has 2 unspecified atom stereocenters. The van der Waals surface area contributed by atoms with Crippen molar-refractivity contribution in [3.8, 4) is 11.1 Å². The molecule has 0 saturated carbocycles. The highest BCUT2D eigenvalue weighted by atomic mass is 19.3. The van der Waals surface area contributed by atoms with E-state index >= 15 is 8.78 Å². The lowest BCUT2D eigenvalue weighted by atomic mass is 10.0. The van der Waals surface area contributed by atoms with Crippen molar-refractivity contribution in [2.45, 2.75) is 44.4 Å². The number of fused-ring (bicyclic) bond motifs is 2. The van der Waals surface area contributed by atoms with E-state index in [0.29, 0.717) is 38.7 Å². The summed E-state index contributed by atoms with van der Waals surface area (Å²) in [5.74, 6) is -2.36. The Labute approximate surface area is 241 Å². The van der Waals surface area contributed by atoms with Crippen LogP contribution in [0.2, 0.25) is 0 Å². The molecular weight excluding hydrogens is 554 g/mol. The number of likely N-dealkylation sites (N-methyl/N-ethyl adjacent to an activating group) is 1. The predicted octanol–water partition coefficient (Wildman–Crippen LogP) is 3.55. The number of hydrogen-bond donors (Lipinski definition) is 2. The van der Waals surface area contributed by atoms with E-state index in [9.17, 15) is 13.6 Å². The smallest absolute Gasteiger partial charge is 0.264 e. The number of piperazine rings is 1. The van der Waals surface area contributed by atoms with Gasteiger partial charge in [-0.3, -0.25) is 4.79 Å². The van der Waals surface area contributed by atoms with Crippen LogP contribution in [-0.2, 0) is 9.53 Å². The SMILES string of the molecule is C[C@H]1CN(c2cc(F)c(-c3cnc(N4CC5CCC(C4)O5)nc3)c(F)c2NC(=O)C2=CNCC=C2C(F)F)CCN1C. The van der Waals surface area contributed by atoms with Crippen molar-refractivity contribution >= 4 is 23.2 Å². The van der Waals surface area contributed by atoms with Crippen molar-refractivity contribution in [2.75, 3.05) is 61.4 Å². The largest absolute Gasteiger partial charge is 0.387 e. The Morgan fingerprint density at radius 3 is 2.48 bits per heavy atom. The molecule has 1 aromatic heterocycles. The Hall–Kier alpha value is -3.71. The molecule has 4 aliphatic rings. The summed E-state index contributed by atoms with van der Waals surface area (Å²) in [5, 5.41) is 5.24. The fraction of sp³-hybridized carbons (Fsp3) is 0.483. The Bertz CT molecular complexity index is 1410. The Morgan fingerprint density at radius 2 is 1.81 bits per heavy atom. The van der Waals surface area contributed by atoms with E-state index in [2.05, 4.69) is 25.5 Å². The predicted molar refractivity (Wildman–Crippen MR) is 151 cm³/mol. The average Bonchev–Trinajstić information content (AvgIpc) is 3.33. The normalized spacial score (nSPS) is 24.4. The molecule has 0 radical (unpaired) electrons. The molecule has 224 valence electrons. The molecule has 1 amide bonds. The van der Waals surface area contributed by atoms with Crippen molar-refractivity contribution in [1.82, 2.24) is 20.2 Å². The van der Waals surface area contributed by atoms with E-state index in [1.807, 2.05) is 18.9 Å². The zero-order valence-corrected chi connectivity index (χ0v) is 23.4. The van der Waals surface area contributed by atoms with Gasteiger partial charge in [0.05, 0.1) is 29.0 Å². The summed E-state index contributed by atoms with van der Waals surface area (Å²) >= 11 is 0. The van der Waals surface area contributed by atoms with Gasteiger partial charge in [0.2, 0.25) is 5.95 Å². The topological polar surface area (TPSA) is 85.9 Å². The van der Waals surface area contributed by atoms with E-state index in [1.165, 1.54) is 30.7 Å². The van der Waals surface area contributed by atoms with Gasteiger partial charge in [-0.05, 0) is 26.8 Å². The van der Waals surface area contributed by atoms with Gasteiger partial charge < -0.3 is 30.1 Å². The second kappa shape index (κ2) is 11.5. The number of rotatable bonds is 6. The van der Waals surface area contributed by atoms with Crippen LogP contribution in [0, 0.1) is 11.6 Å². The van der Waals surface area contributed by atoms with E-state index in [0.717, 1.165) is 12.8 Å². The minimum Gasteiger partial charge on any atom is -0.387 e. The van der Waals surface area contributed by atoms with Crippen molar-refractivity contribution in [1.29, 1.82) is 0 Å². The van der Waals surface area contributed by atoms with Gasteiger partial charge in [-0.1, -0.05) is 6.08 Å². The number of amides is 1. The summed E-state index contributed by atoms with van der Waals surface area (Å²) in [7, 11) is 1.96. The monoisotopic (exact) mass is 587 g/mol. The van der Waals surface area contributed by atoms with Crippen LogP contribution >= 0.6 is 0 Å². The van der Waals surface area contributed by atoms with Gasteiger partial charge in [0.15, 0.2) is 5.82 Å². The van der Waals surface area contributed by atoms with Gasteiger partial charge in [-0.25, -0.2) is 27.5 Å². The zero-order valence-electron chi connectivity index (χ0n) is 23.4. The fourth-order valence-electron chi connectivity index (χ4n) is 6.01. The van der Waals surface area contributed by atoms with Crippen LogP contribution in [0.15, 0.2) is 41.9 Å². The first-order chi connectivity index (χ1) is 20.2. The van der Waals surface area contributed by atoms with Gasteiger partial charge in [-0.2, -0.15) is 0 Å². The minimum absolute atomic E-state index is 0.0723. The molecule has 0 aliphatic carbocycles. The Kier molecular flexibility index (Phi) is 7.79. The van der Waals surface area contributed by atoms with Crippen LogP contribution in [0.25, 0.3) is 11.1 Å². The number of halogens is 4. The van der Waals surface area contributed by atoms with Crippen LogP contribution in [-0.4, -0.2) is 91.8 Å². The third-order valence-corrected chi connectivity index (χ3v) is 8.47. The number of alkyl halides is 2. The molecule has 6 rings (SSSR count). The standard InChI is InChI=1S/C29H33F4N7O2/c1-16-13-39(8-7-38(16)2)23-9-22(30)24(17-10-35-29(36-11-17)40-14-18-3-4-19(15-40)42-18)25(31)26(23)37-28(41)21-12-34-6-5-20(21)27(32)33/h5,9-12,16,18-19,27,34H,3-4,6-8,13-15H2,1-2H3,(H,37,41)/t16-,18?,19?/m0/s1. The molecule has 2 aromatic rings. The number of carbonyl (C=O) groups excluding carboxylic acids is 1. The number of nitrogens with one attached hydrogen (secondary N) is 2. The molecule has 2 bridgehead atoms. The van der Waals surface area contributed by atoms with E-state index < -0.39 is 35.1 Å². The average molecular weight is 588 g/mol. The molecule has 3 fully saturated rings. The summed E-state index contributed by atoms with van der Waals surface area (Å²) in [5.41, 5.74) is -1.25. The maximum absolute atomic E-state index is 16.4. The first-order valence-corrected chi connectivity index (χ1v) is 14.1. The lowest BCUT2D eigenvalue weighted by molar-refractivity contribution is -0.112. The number of nitrogens with zero attached hydrogens (tertiary/aromatic N) is 5. The zero-order chi connectivity index (χ0) is 29.5. The molecular formula is C29H33F4N7O2. The van der Waals surface area contributed by atoms with Crippen molar-refractivity contribution in [3.05, 3.63) is 53.5 Å². The maximum atomic E-state index is 16.4. The lowest BCUT2D eigenvalue weighted by Gasteiger charge is -2.40. The lowest BCUT2D eigenvalue weighted by Crippen LogP contribution is -2.50. The van der Waals surface area contributed by atoms with Crippen molar-refractivity contribution in [2.24, 2.45) is 0 Å². The highest BCUT2D eigenvalue weighted by Crippen LogP contribution is 2.39. The summed E-state index contributed by atoms with van der Waals surface area (Å²) in [6, 6.07) is 1.25. The molecule has 9 nitrogen and oxygen atoms in total. The van der Waals surface area contributed by atoms with Crippen LogP contribution < -0.4 is 20.4 Å². The molecule has 3 atom stereocenters. The first-order valence-electron chi connectivity index (χ1n) is 14.1. The van der Waals surface area contributed by atoms with Gasteiger partial charge in [0.1, 0.15) is 11.5 Å². The maximum Gasteiger partial charge on any atom is 0.264 e. The fourth-order valence-corrected chi connectivity index (χ4v) is 6.01. The van der Waals surface area contributed by atoms with Gasteiger partial charge in [0.25, 0.3) is 12.3 Å². The van der Waals surface area contributed by atoms with Crippen LogP contribution in [0.5, 0.6) is 0 Å². The van der Waals surface area contributed by atoms with E-state index in [4.69, 9.17) is 4.74 Å². The van der Waals surface area contributed by atoms with Crippen LogP contribution in [0.4, 0.5) is 34.9 Å². The van der Waals surface area contributed by atoms with E-state index in [-0.39, 0.29) is 47.3 Å². The molecule has 2 N–H and O–H groups in total. The summed E-state index contributed by atoms with van der Waals surface area (Å²) in [6.45, 7) is 4.95. The second-order valence-corrected chi connectivity index (χ2v) is 11.2. The second-order valence-electron chi connectivity index (χ2n) is 11.2. The Balaban J connectivity index is 1.35. The summed E-state index contributed by atoms with van der Waals surface area (Å²) in [6.07, 6.45) is 4.41. The van der Waals surface area contributed by atoms with E-state index in [1.54, 1.807) is 4.90 Å². The number of carbonyl (C=O) groups is 1. The van der Waals surface area contributed by atoms with Gasteiger partial charge in [-0.15, -0.1) is 0 Å². The van der Waals surface area contributed by atoms with Crippen LogP contribution in [0.3, 0.4) is 0 Å². The highest BCUT2D eigenvalue weighted by Gasteiger charge is 2.35. The number of morpholine rings is 1. The number of anilines is 3. The third kappa shape index (κ3) is 5.42. The third-order valence-electron chi connectivity index (χ3n) is 8.47. The molecule has 13 heteroatoms. The Morgan fingerprint density at radius 1 is 1.10 bits per heavy atom. The summed E-state index contributed by atoms with van der Waals surface area (Å²) in [4.78, 5) is 28.0. The van der Waals surface area contributed by atoms with Gasteiger partial charge >= 0.3 is 0 Å². The number of ether oxygens (including phenoxy) is 1. The number of benzene rings is 1.